The van der Waals surface area contributed by atoms with Crippen LogP contribution in [0, 0.1) is 5.82 Å². The van der Waals surface area contributed by atoms with Crippen LogP contribution in [0.15, 0.2) is 54.6 Å². The van der Waals surface area contributed by atoms with Crippen molar-refractivity contribution in [3.05, 3.63) is 60.4 Å². The average molecular weight is 230 g/mol. The summed E-state index contributed by atoms with van der Waals surface area (Å²) in [6.45, 7) is 4.57. The molecule has 0 atom stereocenters. The summed E-state index contributed by atoms with van der Waals surface area (Å²) in [7, 11) is -1.65. The summed E-state index contributed by atoms with van der Waals surface area (Å²) in [6.07, 6.45) is 0. The number of benzene rings is 2. The molecule has 0 heterocycles. The SMILES string of the molecule is C[Si](C)(c1ccccc1)c1ccc(F)cc1. The molecule has 2 heteroatoms. The molecule has 0 aliphatic heterocycles. The van der Waals surface area contributed by atoms with E-state index in [1.165, 1.54) is 10.4 Å². The predicted molar refractivity (Wildman–Crippen MR) is 69.6 cm³/mol. The van der Waals surface area contributed by atoms with Gasteiger partial charge in [0.05, 0.1) is 0 Å². The molecule has 0 aliphatic rings. The average Bonchev–Trinajstić information content (AvgIpc) is 2.31. The van der Waals surface area contributed by atoms with Crippen LogP contribution in [-0.4, -0.2) is 8.07 Å². The lowest BCUT2D eigenvalue weighted by Crippen LogP contribution is -2.52. The molecule has 0 saturated heterocycles. The van der Waals surface area contributed by atoms with Gasteiger partial charge in [-0.15, -0.1) is 0 Å². The first-order chi connectivity index (χ1) is 7.60. The first kappa shape index (κ1) is 11.1. The topological polar surface area (TPSA) is 0 Å². The molecular weight excluding hydrogens is 215 g/mol. The molecule has 0 aliphatic carbocycles. The van der Waals surface area contributed by atoms with E-state index in [1.807, 2.05) is 18.2 Å². The Kier molecular flexibility index (Phi) is 2.92. The molecule has 2 aromatic rings. The van der Waals surface area contributed by atoms with E-state index in [-0.39, 0.29) is 5.82 Å². The van der Waals surface area contributed by atoms with E-state index in [0.29, 0.717) is 0 Å². The van der Waals surface area contributed by atoms with E-state index in [4.69, 9.17) is 0 Å². The van der Waals surface area contributed by atoms with Crippen LogP contribution in [0.5, 0.6) is 0 Å². The van der Waals surface area contributed by atoms with Gasteiger partial charge in [-0.25, -0.2) is 4.39 Å². The van der Waals surface area contributed by atoms with E-state index in [2.05, 4.69) is 37.4 Å². The van der Waals surface area contributed by atoms with Crippen molar-refractivity contribution < 1.29 is 4.39 Å². The molecule has 82 valence electrons. The minimum Gasteiger partial charge on any atom is -0.207 e. The Hall–Kier alpha value is -1.41. The van der Waals surface area contributed by atoms with Gasteiger partial charge in [-0.1, -0.05) is 65.9 Å². The quantitative estimate of drug-likeness (QED) is 0.696. The second kappa shape index (κ2) is 4.22. The molecule has 0 unspecified atom stereocenters. The molecular formula is C14H15FSi. The first-order valence-electron chi connectivity index (χ1n) is 5.42. The van der Waals surface area contributed by atoms with Gasteiger partial charge in [0.2, 0.25) is 0 Å². The van der Waals surface area contributed by atoms with Gasteiger partial charge >= 0.3 is 0 Å². The third kappa shape index (κ3) is 2.07. The summed E-state index contributed by atoms with van der Waals surface area (Å²) >= 11 is 0. The normalized spacial score (nSPS) is 11.4. The van der Waals surface area contributed by atoms with Gasteiger partial charge in [0.25, 0.3) is 0 Å². The minimum atomic E-state index is -1.65. The smallest absolute Gasteiger partial charge is 0.123 e. The molecule has 0 spiro atoms. The molecule has 0 nitrogen and oxygen atoms in total. The highest BCUT2D eigenvalue weighted by molar-refractivity contribution is 7.00. The Balaban J connectivity index is 2.43. The number of hydrogen-bond acceptors (Lipinski definition) is 0. The largest absolute Gasteiger partial charge is 0.207 e. The van der Waals surface area contributed by atoms with Crippen LogP contribution in [0.3, 0.4) is 0 Å². The van der Waals surface area contributed by atoms with Gasteiger partial charge in [-0.3, -0.25) is 0 Å². The van der Waals surface area contributed by atoms with Crippen LogP contribution in [-0.2, 0) is 0 Å². The van der Waals surface area contributed by atoms with E-state index in [9.17, 15) is 4.39 Å². The zero-order valence-electron chi connectivity index (χ0n) is 9.57. The molecule has 0 fully saturated rings. The van der Waals surface area contributed by atoms with E-state index >= 15 is 0 Å². The van der Waals surface area contributed by atoms with Crippen molar-refractivity contribution in [2.24, 2.45) is 0 Å². The fourth-order valence-corrected chi connectivity index (χ4v) is 4.25. The second-order valence-corrected chi connectivity index (χ2v) is 8.90. The molecule has 0 N–H and O–H groups in total. The van der Waals surface area contributed by atoms with E-state index < -0.39 is 8.07 Å². The maximum atomic E-state index is 12.9. The Labute approximate surface area is 96.8 Å². The minimum absolute atomic E-state index is 0.165. The number of rotatable bonds is 2. The third-order valence-corrected chi connectivity index (χ3v) is 6.61. The van der Waals surface area contributed by atoms with Gasteiger partial charge in [-0.2, -0.15) is 0 Å². The van der Waals surface area contributed by atoms with Crippen LogP contribution in [0.25, 0.3) is 0 Å². The summed E-state index contributed by atoms with van der Waals surface area (Å²) in [4.78, 5) is 0. The van der Waals surface area contributed by atoms with E-state index in [1.54, 1.807) is 12.1 Å². The zero-order valence-corrected chi connectivity index (χ0v) is 10.6. The fourth-order valence-electron chi connectivity index (χ4n) is 1.89. The monoisotopic (exact) mass is 230 g/mol. The highest BCUT2D eigenvalue weighted by atomic mass is 28.3. The Bertz CT molecular complexity index is 460. The Morgan fingerprint density at radius 3 is 1.81 bits per heavy atom. The summed E-state index contributed by atoms with van der Waals surface area (Å²) < 4.78 is 12.9. The highest BCUT2D eigenvalue weighted by Crippen LogP contribution is 2.05. The van der Waals surface area contributed by atoms with Crippen molar-refractivity contribution in [2.45, 2.75) is 13.1 Å². The fraction of sp³-hybridized carbons (Fsp3) is 0.143. The highest BCUT2D eigenvalue weighted by Gasteiger charge is 2.25. The van der Waals surface area contributed by atoms with Crippen LogP contribution >= 0.6 is 0 Å². The van der Waals surface area contributed by atoms with Crippen LogP contribution in [0.4, 0.5) is 4.39 Å². The second-order valence-electron chi connectivity index (χ2n) is 4.50. The number of hydrogen-bond donors (Lipinski definition) is 0. The van der Waals surface area contributed by atoms with Crippen molar-refractivity contribution in [1.82, 2.24) is 0 Å². The predicted octanol–water partition coefficient (Wildman–Crippen LogP) is 2.65. The summed E-state index contributed by atoms with van der Waals surface area (Å²) in [5.41, 5.74) is 0. The summed E-state index contributed by atoms with van der Waals surface area (Å²) in [5, 5.41) is 2.64. The van der Waals surface area contributed by atoms with Gasteiger partial charge in [-0.05, 0) is 12.1 Å². The molecule has 16 heavy (non-hydrogen) atoms. The van der Waals surface area contributed by atoms with Crippen molar-refractivity contribution in [3.8, 4) is 0 Å². The first-order valence-corrected chi connectivity index (χ1v) is 8.42. The molecule has 0 amide bonds. The lowest BCUT2D eigenvalue weighted by molar-refractivity contribution is 0.628. The maximum Gasteiger partial charge on any atom is 0.123 e. The van der Waals surface area contributed by atoms with Gasteiger partial charge in [0.1, 0.15) is 13.9 Å². The van der Waals surface area contributed by atoms with Crippen molar-refractivity contribution >= 4 is 18.4 Å². The maximum absolute atomic E-state index is 12.9. The van der Waals surface area contributed by atoms with Crippen LogP contribution in [0.1, 0.15) is 0 Å². The van der Waals surface area contributed by atoms with Gasteiger partial charge in [0.15, 0.2) is 0 Å². The molecule has 2 aromatic carbocycles. The molecule has 2 rings (SSSR count). The van der Waals surface area contributed by atoms with Crippen molar-refractivity contribution in [1.29, 1.82) is 0 Å². The van der Waals surface area contributed by atoms with Crippen molar-refractivity contribution in [3.63, 3.8) is 0 Å². The molecule has 0 saturated carbocycles. The lowest BCUT2D eigenvalue weighted by atomic mass is 10.3. The van der Waals surface area contributed by atoms with Gasteiger partial charge < -0.3 is 0 Å². The molecule has 0 bridgehead atoms. The van der Waals surface area contributed by atoms with Crippen LogP contribution in [0.2, 0.25) is 13.1 Å². The molecule has 0 aromatic heterocycles. The Morgan fingerprint density at radius 1 is 0.750 bits per heavy atom. The molecule has 0 radical (unpaired) electrons. The third-order valence-electron chi connectivity index (χ3n) is 3.06. The zero-order chi connectivity index (χ0) is 11.6. The standard InChI is InChI=1S/C14H15FSi/c1-16(2,13-6-4-3-5-7-13)14-10-8-12(15)9-11-14/h3-11H,1-2H3. The van der Waals surface area contributed by atoms with Gasteiger partial charge in [0, 0.05) is 0 Å². The summed E-state index contributed by atoms with van der Waals surface area (Å²) in [6, 6.07) is 17.4. The van der Waals surface area contributed by atoms with Crippen molar-refractivity contribution in [2.75, 3.05) is 0 Å². The number of halogens is 1. The Morgan fingerprint density at radius 2 is 1.25 bits per heavy atom. The lowest BCUT2D eigenvalue weighted by Gasteiger charge is -2.23. The summed E-state index contributed by atoms with van der Waals surface area (Å²) in [5.74, 6) is -0.165. The van der Waals surface area contributed by atoms with E-state index in [0.717, 1.165) is 0 Å². The van der Waals surface area contributed by atoms with Crippen LogP contribution < -0.4 is 10.4 Å².